The lowest BCUT2D eigenvalue weighted by molar-refractivity contribution is -0.137. The molecule has 2 heterocycles. The van der Waals surface area contributed by atoms with Gasteiger partial charge in [0.15, 0.2) is 11.5 Å². The first kappa shape index (κ1) is 21.0. The van der Waals surface area contributed by atoms with Crippen molar-refractivity contribution in [2.24, 2.45) is 0 Å². The molecule has 164 valence electrons. The molecule has 9 heteroatoms. The zero-order chi connectivity index (χ0) is 22.0. The summed E-state index contributed by atoms with van der Waals surface area (Å²) >= 11 is 0. The van der Waals surface area contributed by atoms with Crippen molar-refractivity contribution in [3.63, 3.8) is 0 Å². The standard InChI is InChI=1S/C22H21F3N2O4/c23-22(24,25)15-6-3-5-14(11-15)16(12-27-10-4-9-20(27)28)26-21(29)19-13-30-17-7-1-2-8-18(17)31-19/h1-3,5-8,11,16,19H,4,9-10,12-13H2,(H,26,29)/t16-,19-/m1/s1. The Morgan fingerprint density at radius 3 is 2.65 bits per heavy atom. The van der Waals surface area contributed by atoms with Crippen LogP contribution in [-0.2, 0) is 15.8 Å². The van der Waals surface area contributed by atoms with E-state index in [0.29, 0.717) is 30.9 Å². The van der Waals surface area contributed by atoms with E-state index in [2.05, 4.69) is 5.32 Å². The molecule has 0 bridgehead atoms. The van der Waals surface area contributed by atoms with E-state index >= 15 is 0 Å². The van der Waals surface area contributed by atoms with Gasteiger partial charge in [-0.15, -0.1) is 0 Å². The smallest absolute Gasteiger partial charge is 0.416 e. The van der Waals surface area contributed by atoms with Gasteiger partial charge in [-0.3, -0.25) is 9.59 Å². The summed E-state index contributed by atoms with van der Waals surface area (Å²) in [7, 11) is 0. The van der Waals surface area contributed by atoms with Gasteiger partial charge in [0.1, 0.15) is 6.61 Å². The van der Waals surface area contributed by atoms with E-state index in [1.54, 1.807) is 29.2 Å². The van der Waals surface area contributed by atoms with E-state index in [9.17, 15) is 22.8 Å². The second-order valence-corrected chi connectivity index (χ2v) is 7.49. The molecule has 2 aliphatic rings. The van der Waals surface area contributed by atoms with Crippen LogP contribution in [0.1, 0.15) is 30.0 Å². The zero-order valence-electron chi connectivity index (χ0n) is 16.5. The average Bonchev–Trinajstić information content (AvgIpc) is 3.16. The summed E-state index contributed by atoms with van der Waals surface area (Å²) in [5.41, 5.74) is -0.553. The molecule has 2 aliphatic heterocycles. The number of para-hydroxylation sites is 2. The summed E-state index contributed by atoms with van der Waals surface area (Å²) in [4.78, 5) is 26.5. The fourth-order valence-corrected chi connectivity index (χ4v) is 3.70. The minimum Gasteiger partial charge on any atom is -0.485 e. The summed E-state index contributed by atoms with van der Waals surface area (Å²) in [6, 6.07) is 10.9. The highest BCUT2D eigenvalue weighted by molar-refractivity contribution is 5.82. The molecule has 0 unspecified atom stereocenters. The van der Waals surface area contributed by atoms with Crippen LogP contribution in [0.15, 0.2) is 48.5 Å². The first-order valence-electron chi connectivity index (χ1n) is 9.95. The van der Waals surface area contributed by atoms with Crippen molar-refractivity contribution in [3.05, 3.63) is 59.7 Å². The maximum absolute atomic E-state index is 13.2. The predicted molar refractivity (Wildman–Crippen MR) is 104 cm³/mol. The largest absolute Gasteiger partial charge is 0.485 e. The Labute approximate surface area is 176 Å². The van der Waals surface area contributed by atoms with Crippen LogP contribution < -0.4 is 14.8 Å². The second kappa shape index (κ2) is 8.49. The number of likely N-dealkylation sites (tertiary alicyclic amines) is 1. The van der Waals surface area contributed by atoms with Gasteiger partial charge in [-0.05, 0) is 36.2 Å². The van der Waals surface area contributed by atoms with Gasteiger partial charge in [-0.2, -0.15) is 13.2 Å². The summed E-state index contributed by atoms with van der Waals surface area (Å²) < 4.78 is 50.9. The van der Waals surface area contributed by atoms with E-state index in [1.165, 1.54) is 12.1 Å². The molecule has 0 spiro atoms. The number of benzene rings is 2. The van der Waals surface area contributed by atoms with Crippen LogP contribution in [0.3, 0.4) is 0 Å². The third kappa shape index (κ3) is 4.76. The Hall–Kier alpha value is -3.23. The number of ether oxygens (including phenoxy) is 2. The maximum atomic E-state index is 13.2. The molecule has 6 nitrogen and oxygen atoms in total. The van der Waals surface area contributed by atoms with E-state index < -0.39 is 29.8 Å². The molecule has 0 aromatic heterocycles. The topological polar surface area (TPSA) is 67.9 Å². The Morgan fingerprint density at radius 2 is 1.94 bits per heavy atom. The summed E-state index contributed by atoms with van der Waals surface area (Å²) in [6.45, 7) is 0.553. The molecule has 0 aliphatic carbocycles. The lowest BCUT2D eigenvalue weighted by Gasteiger charge is -2.29. The van der Waals surface area contributed by atoms with Crippen molar-refractivity contribution >= 4 is 11.8 Å². The molecule has 31 heavy (non-hydrogen) atoms. The van der Waals surface area contributed by atoms with Gasteiger partial charge in [0, 0.05) is 19.5 Å². The molecule has 1 saturated heterocycles. The Kier molecular flexibility index (Phi) is 5.75. The molecular formula is C22H21F3N2O4. The number of amides is 2. The molecule has 2 aromatic carbocycles. The first-order chi connectivity index (χ1) is 14.8. The Morgan fingerprint density at radius 1 is 1.16 bits per heavy atom. The number of carbonyl (C=O) groups is 2. The van der Waals surface area contributed by atoms with Crippen LogP contribution in [0.5, 0.6) is 11.5 Å². The highest BCUT2D eigenvalue weighted by Gasteiger charge is 2.34. The molecule has 0 saturated carbocycles. The number of nitrogens with one attached hydrogen (secondary N) is 1. The molecule has 1 N–H and O–H groups in total. The molecule has 2 atom stereocenters. The van der Waals surface area contributed by atoms with E-state index in [0.717, 1.165) is 12.1 Å². The lowest BCUT2D eigenvalue weighted by Crippen LogP contribution is -2.47. The Balaban J connectivity index is 1.55. The van der Waals surface area contributed by atoms with Crippen LogP contribution in [0.25, 0.3) is 0 Å². The summed E-state index contributed by atoms with van der Waals surface area (Å²) in [5, 5.41) is 2.75. The number of hydrogen-bond acceptors (Lipinski definition) is 4. The average molecular weight is 434 g/mol. The minimum atomic E-state index is -4.52. The number of rotatable bonds is 5. The van der Waals surface area contributed by atoms with Crippen molar-refractivity contribution in [1.82, 2.24) is 10.2 Å². The number of fused-ring (bicyclic) bond motifs is 1. The number of alkyl halides is 3. The molecule has 2 aromatic rings. The van der Waals surface area contributed by atoms with Crippen LogP contribution in [0, 0.1) is 0 Å². The molecule has 2 amide bonds. The summed E-state index contributed by atoms with van der Waals surface area (Å²) in [5.74, 6) is 0.323. The fourth-order valence-electron chi connectivity index (χ4n) is 3.70. The summed E-state index contributed by atoms with van der Waals surface area (Å²) in [6.07, 6.45) is -4.41. The van der Waals surface area contributed by atoms with Crippen LogP contribution in [0.4, 0.5) is 13.2 Å². The van der Waals surface area contributed by atoms with Crippen molar-refractivity contribution in [2.45, 2.75) is 31.2 Å². The van der Waals surface area contributed by atoms with Crippen LogP contribution in [-0.4, -0.2) is 42.5 Å². The van der Waals surface area contributed by atoms with E-state index in [1.807, 2.05) is 0 Å². The number of carbonyl (C=O) groups excluding carboxylic acids is 2. The lowest BCUT2D eigenvalue weighted by atomic mass is 10.0. The monoisotopic (exact) mass is 434 g/mol. The Bertz CT molecular complexity index is 979. The van der Waals surface area contributed by atoms with Gasteiger partial charge in [0.25, 0.3) is 5.91 Å². The third-order valence-electron chi connectivity index (χ3n) is 5.31. The van der Waals surface area contributed by atoms with Gasteiger partial charge in [0.2, 0.25) is 12.0 Å². The van der Waals surface area contributed by atoms with Gasteiger partial charge in [0.05, 0.1) is 11.6 Å². The minimum absolute atomic E-state index is 0.0270. The third-order valence-corrected chi connectivity index (χ3v) is 5.31. The quantitative estimate of drug-likeness (QED) is 0.784. The normalized spacial score (nSPS) is 19.3. The molecular weight excluding hydrogens is 413 g/mol. The number of hydrogen-bond donors (Lipinski definition) is 1. The van der Waals surface area contributed by atoms with Crippen molar-refractivity contribution in [2.75, 3.05) is 19.7 Å². The fraction of sp³-hybridized carbons (Fsp3) is 0.364. The van der Waals surface area contributed by atoms with Crippen LogP contribution in [0.2, 0.25) is 0 Å². The van der Waals surface area contributed by atoms with Gasteiger partial charge >= 0.3 is 6.18 Å². The molecule has 0 radical (unpaired) electrons. The van der Waals surface area contributed by atoms with Gasteiger partial charge in [-0.1, -0.05) is 24.3 Å². The maximum Gasteiger partial charge on any atom is 0.416 e. The van der Waals surface area contributed by atoms with Gasteiger partial charge in [-0.25, -0.2) is 0 Å². The SMILES string of the molecule is O=C(N[C@H](CN1CCCC1=O)c1cccc(C(F)(F)F)c1)[C@H]1COc2ccccc2O1. The first-order valence-corrected chi connectivity index (χ1v) is 9.95. The van der Waals surface area contributed by atoms with Gasteiger partial charge < -0.3 is 19.7 Å². The highest BCUT2D eigenvalue weighted by Crippen LogP contribution is 2.33. The van der Waals surface area contributed by atoms with Crippen molar-refractivity contribution < 1.29 is 32.2 Å². The zero-order valence-corrected chi connectivity index (χ0v) is 16.5. The predicted octanol–water partition coefficient (Wildman–Crippen LogP) is 3.33. The second-order valence-electron chi connectivity index (χ2n) is 7.49. The number of nitrogens with zero attached hydrogens (tertiary/aromatic N) is 1. The van der Waals surface area contributed by atoms with Crippen molar-refractivity contribution in [1.29, 1.82) is 0 Å². The molecule has 1 fully saturated rings. The van der Waals surface area contributed by atoms with E-state index in [4.69, 9.17) is 9.47 Å². The highest BCUT2D eigenvalue weighted by atomic mass is 19.4. The molecule has 4 rings (SSSR count). The van der Waals surface area contributed by atoms with E-state index in [-0.39, 0.29) is 24.6 Å². The van der Waals surface area contributed by atoms with Crippen molar-refractivity contribution in [3.8, 4) is 11.5 Å². The van der Waals surface area contributed by atoms with Crippen LogP contribution >= 0.6 is 0 Å². The number of halogens is 3.